The molecule has 226 valence electrons. The Balaban J connectivity index is 1.73. The van der Waals surface area contributed by atoms with E-state index in [4.69, 9.17) is 0 Å². The Morgan fingerprint density at radius 1 is 0.854 bits per heavy atom. The van der Waals surface area contributed by atoms with Gasteiger partial charge in [0.2, 0.25) is 0 Å². The van der Waals surface area contributed by atoms with Gasteiger partial charge in [-0.15, -0.1) is 0 Å². The van der Waals surface area contributed by atoms with Gasteiger partial charge in [-0.2, -0.15) is 0 Å². The minimum absolute atomic E-state index is 0.00241. The van der Waals surface area contributed by atoms with E-state index in [0.717, 1.165) is 57.8 Å². The molecule has 0 aliphatic carbocycles. The predicted octanol–water partition coefficient (Wildman–Crippen LogP) is 10.9. The molecule has 2 atom stereocenters. The number of aliphatic hydroxyl groups is 1. The first-order chi connectivity index (χ1) is 19.3. The number of rotatable bonds is 15. The molecule has 5 heteroatoms. The van der Waals surface area contributed by atoms with Crippen LogP contribution in [0.2, 0.25) is 0 Å². The van der Waals surface area contributed by atoms with Gasteiger partial charge in [0.05, 0.1) is 5.92 Å². The fraction of sp³-hybridized carbons (Fsp3) is 0.583. The lowest BCUT2D eigenvalue weighted by Gasteiger charge is -2.30. The zero-order valence-electron chi connectivity index (χ0n) is 26.4. The maximum Gasteiger partial charge on any atom is 0.306 e. The van der Waals surface area contributed by atoms with Gasteiger partial charge >= 0.3 is 5.97 Å². The van der Waals surface area contributed by atoms with E-state index in [-0.39, 0.29) is 28.8 Å². The molecule has 2 aliphatic heterocycles. The third-order valence-electron chi connectivity index (χ3n) is 8.43. The number of carboxylic acids is 1. The van der Waals surface area contributed by atoms with E-state index in [1.54, 1.807) is 6.92 Å². The van der Waals surface area contributed by atoms with Crippen LogP contribution in [-0.2, 0) is 4.79 Å². The molecule has 3 nitrogen and oxygen atoms in total. The highest BCUT2D eigenvalue weighted by molar-refractivity contribution is 8.12. The molecule has 3 rings (SSSR count). The number of aliphatic carboxylic acids is 1. The van der Waals surface area contributed by atoms with Crippen LogP contribution in [0.1, 0.15) is 117 Å². The fourth-order valence-electron chi connectivity index (χ4n) is 5.51. The maximum atomic E-state index is 11.2. The number of carboxylic acid groups (broad SMARTS) is 1. The molecule has 2 unspecified atom stereocenters. The van der Waals surface area contributed by atoms with E-state index in [1.165, 1.54) is 30.7 Å². The number of benzene rings is 1. The minimum atomic E-state index is -0.698. The van der Waals surface area contributed by atoms with Gasteiger partial charge in [0.15, 0.2) is 0 Å². The average Bonchev–Trinajstić information content (AvgIpc) is 2.91. The minimum Gasteiger partial charge on any atom is -0.481 e. The highest BCUT2D eigenvalue weighted by Gasteiger charge is 2.27. The zero-order valence-corrected chi connectivity index (χ0v) is 28.0. The van der Waals surface area contributed by atoms with Crippen LogP contribution in [-0.4, -0.2) is 22.8 Å². The van der Waals surface area contributed by atoms with Gasteiger partial charge in [-0.25, -0.2) is 0 Å². The molecular formula is C36H52O3S2. The van der Waals surface area contributed by atoms with E-state index < -0.39 is 5.97 Å². The van der Waals surface area contributed by atoms with Crippen molar-refractivity contribution in [3.8, 4) is 0 Å². The Labute approximate surface area is 258 Å². The second kappa shape index (κ2) is 14.7. The lowest BCUT2D eigenvalue weighted by molar-refractivity contribution is -0.141. The van der Waals surface area contributed by atoms with E-state index >= 15 is 0 Å². The highest BCUT2D eigenvalue weighted by Crippen LogP contribution is 2.51. The fourth-order valence-corrected chi connectivity index (χ4v) is 8.59. The highest BCUT2D eigenvalue weighted by atomic mass is 32.2. The van der Waals surface area contributed by atoms with Gasteiger partial charge in [0.1, 0.15) is 0 Å². The third kappa shape index (κ3) is 10.2. The Morgan fingerprint density at radius 3 is 1.78 bits per heavy atom. The van der Waals surface area contributed by atoms with E-state index in [0.29, 0.717) is 0 Å². The van der Waals surface area contributed by atoms with E-state index in [1.807, 2.05) is 23.5 Å². The molecule has 0 aromatic heterocycles. The van der Waals surface area contributed by atoms with Gasteiger partial charge in [0, 0.05) is 27.2 Å². The SMILES string of the molecule is CCC(C)(CO)CCCCC1=CC(C)(C)C=C(c2ccccc2C2=CC(C)(C)C=C(CCCCC(C)C(=O)O)S2)S1. The van der Waals surface area contributed by atoms with Crippen molar-refractivity contribution in [3.05, 3.63) is 69.5 Å². The summed E-state index contributed by atoms with van der Waals surface area (Å²) in [5.41, 5.74) is 2.62. The summed E-state index contributed by atoms with van der Waals surface area (Å²) >= 11 is 3.82. The quantitative estimate of drug-likeness (QED) is 0.197. The van der Waals surface area contributed by atoms with Crippen LogP contribution < -0.4 is 0 Å². The summed E-state index contributed by atoms with van der Waals surface area (Å²) in [6, 6.07) is 8.86. The zero-order chi connectivity index (χ0) is 30.3. The molecule has 0 radical (unpaired) electrons. The predicted molar refractivity (Wildman–Crippen MR) is 181 cm³/mol. The van der Waals surface area contributed by atoms with Crippen molar-refractivity contribution < 1.29 is 15.0 Å². The molecule has 0 spiro atoms. The Morgan fingerprint density at radius 2 is 1.34 bits per heavy atom. The van der Waals surface area contributed by atoms with Gasteiger partial charge in [-0.05, 0) is 71.3 Å². The van der Waals surface area contributed by atoms with Gasteiger partial charge < -0.3 is 10.2 Å². The van der Waals surface area contributed by atoms with Gasteiger partial charge in [-0.3, -0.25) is 4.79 Å². The van der Waals surface area contributed by atoms with Gasteiger partial charge in [0.25, 0.3) is 0 Å². The van der Waals surface area contributed by atoms with Crippen molar-refractivity contribution in [3.63, 3.8) is 0 Å². The number of hydrogen-bond acceptors (Lipinski definition) is 4. The van der Waals surface area contributed by atoms with Crippen LogP contribution in [0, 0.1) is 22.2 Å². The third-order valence-corrected chi connectivity index (χ3v) is 10.7. The summed E-state index contributed by atoms with van der Waals surface area (Å²) in [5.74, 6) is -0.972. The summed E-state index contributed by atoms with van der Waals surface area (Å²) in [6.45, 7) is 15.6. The van der Waals surface area contributed by atoms with Crippen LogP contribution in [0.4, 0.5) is 0 Å². The van der Waals surface area contributed by atoms with E-state index in [9.17, 15) is 15.0 Å². The second-order valence-corrected chi connectivity index (χ2v) is 16.0. The van der Waals surface area contributed by atoms with Crippen molar-refractivity contribution in [2.45, 2.75) is 106 Å². The van der Waals surface area contributed by atoms with E-state index in [2.05, 4.69) is 90.1 Å². The van der Waals surface area contributed by atoms with Crippen LogP contribution >= 0.6 is 23.5 Å². The van der Waals surface area contributed by atoms with Crippen molar-refractivity contribution in [2.24, 2.45) is 22.2 Å². The summed E-state index contributed by atoms with van der Waals surface area (Å²) in [5, 5.41) is 19.0. The maximum absolute atomic E-state index is 11.2. The Bertz CT molecular complexity index is 1180. The summed E-state index contributed by atoms with van der Waals surface area (Å²) < 4.78 is 0. The normalized spacial score (nSPS) is 20.3. The van der Waals surface area contributed by atoms with Crippen molar-refractivity contribution in [2.75, 3.05) is 6.61 Å². The van der Waals surface area contributed by atoms with Crippen LogP contribution in [0.25, 0.3) is 9.81 Å². The Kier molecular flexibility index (Phi) is 12.1. The van der Waals surface area contributed by atoms with Gasteiger partial charge in [-0.1, -0.05) is 133 Å². The largest absolute Gasteiger partial charge is 0.481 e. The number of unbranched alkanes of at least 4 members (excludes halogenated alkanes) is 2. The van der Waals surface area contributed by atoms with Crippen LogP contribution in [0.5, 0.6) is 0 Å². The molecule has 2 aliphatic rings. The molecule has 1 aromatic carbocycles. The number of aliphatic hydroxyl groups excluding tert-OH is 1. The first kappa shape index (κ1) is 33.8. The molecule has 1 aromatic rings. The smallest absolute Gasteiger partial charge is 0.306 e. The molecule has 0 fully saturated rings. The molecule has 0 saturated heterocycles. The number of hydrogen-bond donors (Lipinski definition) is 2. The molecule has 0 saturated carbocycles. The molecular weight excluding hydrogens is 545 g/mol. The molecule has 41 heavy (non-hydrogen) atoms. The second-order valence-electron chi connectivity index (χ2n) is 13.6. The topological polar surface area (TPSA) is 57.5 Å². The monoisotopic (exact) mass is 596 g/mol. The number of carbonyl (C=O) groups is 1. The van der Waals surface area contributed by atoms with Crippen LogP contribution in [0.15, 0.2) is 58.4 Å². The number of thioether (sulfide) groups is 2. The van der Waals surface area contributed by atoms with Crippen LogP contribution in [0.3, 0.4) is 0 Å². The van der Waals surface area contributed by atoms with Crippen molar-refractivity contribution in [1.29, 1.82) is 0 Å². The molecule has 0 bridgehead atoms. The summed E-state index contributed by atoms with van der Waals surface area (Å²) in [7, 11) is 0. The summed E-state index contributed by atoms with van der Waals surface area (Å²) in [6.07, 6.45) is 18.8. The summed E-state index contributed by atoms with van der Waals surface area (Å²) in [4.78, 5) is 16.7. The molecule has 2 heterocycles. The molecule has 0 amide bonds. The van der Waals surface area contributed by atoms with Crippen molar-refractivity contribution in [1.82, 2.24) is 0 Å². The first-order valence-electron chi connectivity index (χ1n) is 15.4. The Hall–Kier alpha value is -1.69. The molecule has 2 N–H and O–H groups in total. The first-order valence-corrected chi connectivity index (χ1v) is 17.1. The lowest BCUT2D eigenvalue weighted by Crippen LogP contribution is -2.19. The van der Waals surface area contributed by atoms with Crippen molar-refractivity contribution >= 4 is 39.3 Å². The number of allylic oxidation sites excluding steroid dienone is 6. The average molecular weight is 597 g/mol. The standard InChI is InChI=1S/C36H52O3S2/c1-8-36(7,25-37)20-14-13-17-28-22-35(5,6)24-32(41-28)30-19-12-11-18-29(30)31-23-34(3,4)21-27(40-31)16-10-9-15-26(2)33(38)39/h11-12,18-19,21-24,26,37H,8-10,13-17,20,25H2,1-7H3,(H,38,39). The lowest BCUT2D eigenvalue weighted by atomic mass is 9.83.